The van der Waals surface area contributed by atoms with Crippen molar-refractivity contribution >= 4 is 22.9 Å². The molecule has 2 heterocycles. The minimum absolute atomic E-state index is 0.231. The summed E-state index contributed by atoms with van der Waals surface area (Å²) in [7, 11) is 0. The molecule has 2 aromatic heterocycles. The first kappa shape index (κ1) is 15.3. The van der Waals surface area contributed by atoms with Gasteiger partial charge in [-0.3, -0.25) is 4.79 Å². The van der Waals surface area contributed by atoms with Crippen molar-refractivity contribution in [2.75, 3.05) is 5.32 Å². The Kier molecular flexibility index (Phi) is 4.10. The van der Waals surface area contributed by atoms with E-state index in [-0.39, 0.29) is 5.91 Å². The molecule has 25 heavy (non-hydrogen) atoms. The van der Waals surface area contributed by atoms with Crippen LogP contribution in [0.3, 0.4) is 0 Å². The van der Waals surface area contributed by atoms with Crippen LogP contribution in [-0.2, 0) is 0 Å². The van der Waals surface area contributed by atoms with Crippen LogP contribution in [0.2, 0.25) is 0 Å². The summed E-state index contributed by atoms with van der Waals surface area (Å²) in [5, 5.41) is 5.44. The largest absolute Gasteiger partial charge is 0.444 e. The number of nitrogens with one attached hydrogen (secondary N) is 1. The molecule has 1 amide bonds. The van der Waals surface area contributed by atoms with E-state index in [1.165, 1.54) is 17.7 Å². The van der Waals surface area contributed by atoms with Gasteiger partial charge in [-0.2, -0.15) is 0 Å². The molecule has 4 rings (SSSR count). The molecule has 0 saturated carbocycles. The summed E-state index contributed by atoms with van der Waals surface area (Å²) in [4.78, 5) is 20.7. The molecule has 0 aliphatic heterocycles. The maximum Gasteiger partial charge on any atom is 0.275 e. The number of hydrogen-bond donors (Lipinski definition) is 1. The third kappa shape index (κ3) is 3.34. The molecule has 0 radical (unpaired) electrons. The predicted molar refractivity (Wildman–Crippen MR) is 97.4 cm³/mol. The lowest BCUT2D eigenvalue weighted by Crippen LogP contribution is -2.12. The number of aromatic nitrogens is 2. The summed E-state index contributed by atoms with van der Waals surface area (Å²) in [6, 6.07) is 17.2. The molecule has 0 unspecified atom stereocenters. The first-order valence-corrected chi connectivity index (χ1v) is 8.49. The van der Waals surface area contributed by atoms with Gasteiger partial charge in [-0.15, -0.1) is 11.3 Å². The monoisotopic (exact) mass is 347 g/mol. The summed E-state index contributed by atoms with van der Waals surface area (Å²) < 4.78 is 5.25. The van der Waals surface area contributed by atoms with Crippen molar-refractivity contribution in [1.29, 1.82) is 0 Å². The summed E-state index contributed by atoms with van der Waals surface area (Å²) in [6.45, 7) is 0. The molecule has 0 saturated heterocycles. The second-order valence-corrected chi connectivity index (χ2v) is 6.16. The molecular weight excluding hydrogens is 334 g/mol. The summed E-state index contributed by atoms with van der Waals surface area (Å²) in [6.07, 6.45) is 3.03. The molecule has 0 atom stereocenters. The number of carbonyl (C=O) groups is 1. The number of nitrogens with zero attached hydrogens (tertiary/aromatic N) is 2. The van der Waals surface area contributed by atoms with Gasteiger partial charge in [0.25, 0.3) is 5.91 Å². The van der Waals surface area contributed by atoms with Crippen molar-refractivity contribution in [2.24, 2.45) is 0 Å². The molecule has 0 bridgehead atoms. The maximum atomic E-state index is 12.4. The summed E-state index contributed by atoms with van der Waals surface area (Å²) >= 11 is 1.45. The van der Waals surface area contributed by atoms with Crippen molar-refractivity contribution < 1.29 is 9.21 Å². The SMILES string of the molecule is O=C(Nc1ccc(-c2cnco2)cc1)c1csc(-c2ccccc2)n1. The van der Waals surface area contributed by atoms with Crippen LogP contribution < -0.4 is 5.32 Å². The van der Waals surface area contributed by atoms with Gasteiger partial charge in [-0.1, -0.05) is 30.3 Å². The smallest absolute Gasteiger partial charge is 0.275 e. The fourth-order valence-corrected chi connectivity index (χ4v) is 3.17. The van der Waals surface area contributed by atoms with Gasteiger partial charge in [0.15, 0.2) is 12.2 Å². The Morgan fingerprint density at radius 1 is 1.00 bits per heavy atom. The van der Waals surface area contributed by atoms with Gasteiger partial charge in [0.05, 0.1) is 6.20 Å². The van der Waals surface area contributed by atoms with Crippen LogP contribution in [-0.4, -0.2) is 15.9 Å². The second kappa shape index (κ2) is 6.70. The molecule has 0 aliphatic rings. The molecule has 0 spiro atoms. The Balaban J connectivity index is 1.48. The van der Waals surface area contributed by atoms with Crippen LogP contribution in [0.4, 0.5) is 5.69 Å². The van der Waals surface area contributed by atoms with Crippen molar-refractivity contribution in [1.82, 2.24) is 9.97 Å². The van der Waals surface area contributed by atoms with Crippen molar-refractivity contribution in [2.45, 2.75) is 0 Å². The Bertz CT molecular complexity index is 977. The van der Waals surface area contributed by atoms with Gasteiger partial charge >= 0.3 is 0 Å². The van der Waals surface area contributed by atoms with Crippen LogP contribution >= 0.6 is 11.3 Å². The summed E-state index contributed by atoms with van der Waals surface area (Å²) in [5.41, 5.74) is 3.00. The average molecular weight is 347 g/mol. The molecule has 4 aromatic rings. The zero-order valence-electron chi connectivity index (χ0n) is 13.0. The van der Waals surface area contributed by atoms with Gasteiger partial charge in [-0.05, 0) is 24.3 Å². The highest BCUT2D eigenvalue weighted by Crippen LogP contribution is 2.24. The number of anilines is 1. The van der Waals surface area contributed by atoms with E-state index >= 15 is 0 Å². The Labute approximate surface area is 148 Å². The topological polar surface area (TPSA) is 68.0 Å². The Morgan fingerprint density at radius 2 is 1.80 bits per heavy atom. The van der Waals surface area contributed by atoms with Gasteiger partial charge in [0, 0.05) is 22.2 Å². The van der Waals surface area contributed by atoms with Gasteiger partial charge in [0.2, 0.25) is 0 Å². The molecule has 1 N–H and O–H groups in total. The van der Waals surface area contributed by atoms with Crippen LogP contribution in [0.25, 0.3) is 21.9 Å². The van der Waals surface area contributed by atoms with Gasteiger partial charge in [-0.25, -0.2) is 9.97 Å². The Morgan fingerprint density at radius 3 is 2.52 bits per heavy atom. The lowest BCUT2D eigenvalue weighted by molar-refractivity contribution is 0.102. The highest BCUT2D eigenvalue weighted by Gasteiger charge is 2.12. The van der Waals surface area contributed by atoms with Gasteiger partial charge < -0.3 is 9.73 Å². The standard InChI is InChI=1S/C19H13N3O2S/c23-18(16-11-25-19(22-16)14-4-2-1-3-5-14)21-15-8-6-13(7-9-15)17-10-20-12-24-17/h1-12H,(H,21,23). The number of oxazole rings is 1. The van der Waals surface area contributed by atoms with E-state index in [1.54, 1.807) is 11.6 Å². The Hall–Kier alpha value is -3.25. The van der Waals surface area contributed by atoms with E-state index in [2.05, 4.69) is 15.3 Å². The van der Waals surface area contributed by atoms with E-state index in [1.807, 2.05) is 54.6 Å². The maximum absolute atomic E-state index is 12.4. The zero-order chi connectivity index (χ0) is 17.1. The lowest BCUT2D eigenvalue weighted by Gasteiger charge is -2.04. The van der Waals surface area contributed by atoms with Gasteiger partial charge in [0.1, 0.15) is 10.7 Å². The minimum atomic E-state index is -0.231. The van der Waals surface area contributed by atoms with Crippen LogP contribution in [0, 0.1) is 0 Å². The number of carbonyl (C=O) groups excluding carboxylic acids is 1. The van der Waals surface area contributed by atoms with E-state index in [4.69, 9.17) is 4.42 Å². The number of rotatable bonds is 4. The highest BCUT2D eigenvalue weighted by atomic mass is 32.1. The average Bonchev–Trinajstić information content (AvgIpc) is 3.35. The minimum Gasteiger partial charge on any atom is -0.444 e. The first-order chi connectivity index (χ1) is 12.3. The molecule has 5 nitrogen and oxygen atoms in total. The molecule has 0 fully saturated rings. The van der Waals surface area contributed by atoms with Crippen LogP contribution in [0.5, 0.6) is 0 Å². The van der Waals surface area contributed by atoms with Crippen LogP contribution in [0.1, 0.15) is 10.5 Å². The van der Waals surface area contributed by atoms with Crippen LogP contribution in [0.15, 0.2) is 77.0 Å². The number of benzene rings is 2. The normalized spacial score (nSPS) is 10.6. The zero-order valence-corrected chi connectivity index (χ0v) is 13.9. The third-order valence-corrected chi connectivity index (χ3v) is 4.51. The highest BCUT2D eigenvalue weighted by molar-refractivity contribution is 7.13. The number of hydrogen-bond acceptors (Lipinski definition) is 5. The van der Waals surface area contributed by atoms with E-state index in [9.17, 15) is 4.79 Å². The fraction of sp³-hybridized carbons (Fsp3) is 0. The first-order valence-electron chi connectivity index (χ1n) is 7.61. The molecule has 0 aliphatic carbocycles. The molecule has 2 aromatic carbocycles. The fourth-order valence-electron chi connectivity index (χ4n) is 2.36. The lowest BCUT2D eigenvalue weighted by atomic mass is 10.1. The number of amides is 1. The van der Waals surface area contributed by atoms with Crippen molar-refractivity contribution in [3.63, 3.8) is 0 Å². The van der Waals surface area contributed by atoms with Crippen molar-refractivity contribution in [3.05, 3.63) is 78.3 Å². The summed E-state index contributed by atoms with van der Waals surface area (Å²) in [5.74, 6) is 0.454. The molecule has 6 heteroatoms. The molecule has 122 valence electrons. The van der Waals surface area contributed by atoms with E-state index in [0.29, 0.717) is 17.1 Å². The van der Waals surface area contributed by atoms with Crippen molar-refractivity contribution in [3.8, 4) is 21.9 Å². The second-order valence-electron chi connectivity index (χ2n) is 5.30. The molecular formula is C19H13N3O2S. The third-order valence-electron chi connectivity index (χ3n) is 3.62. The van der Waals surface area contributed by atoms with E-state index < -0.39 is 0 Å². The van der Waals surface area contributed by atoms with E-state index in [0.717, 1.165) is 16.1 Å². The number of thiazole rings is 1. The predicted octanol–water partition coefficient (Wildman–Crippen LogP) is 4.72. The quantitative estimate of drug-likeness (QED) is 0.580.